The van der Waals surface area contributed by atoms with Crippen molar-refractivity contribution in [2.45, 2.75) is 117 Å². The molecular formula is C38H66N2O4S+2. The average molecular weight is 647 g/mol. The van der Waals surface area contributed by atoms with Crippen LogP contribution in [-0.4, -0.2) is 83.5 Å². The van der Waals surface area contributed by atoms with Crippen LogP contribution in [0.2, 0.25) is 0 Å². The summed E-state index contributed by atoms with van der Waals surface area (Å²) in [4.78, 5) is 23.2. The molecule has 0 saturated carbocycles. The predicted molar refractivity (Wildman–Crippen MR) is 193 cm³/mol. The molecule has 0 aliphatic rings. The van der Waals surface area contributed by atoms with Crippen LogP contribution in [0.3, 0.4) is 0 Å². The zero-order chi connectivity index (χ0) is 34.1. The van der Waals surface area contributed by atoms with Crippen LogP contribution in [0, 0.1) is 0 Å². The molecule has 0 atom stereocenters. The summed E-state index contributed by atoms with van der Waals surface area (Å²) in [5, 5.41) is 18.2. The summed E-state index contributed by atoms with van der Waals surface area (Å²) >= 11 is 1.14. The molecule has 0 amide bonds. The molecule has 0 aromatic heterocycles. The second kappa shape index (κ2) is 24.8. The summed E-state index contributed by atoms with van der Waals surface area (Å²) in [6, 6.07) is 13.0. The molecule has 45 heavy (non-hydrogen) atoms. The summed E-state index contributed by atoms with van der Waals surface area (Å²) in [5.41, 5.74) is 0.320. The number of carboxylic acids is 2. The Hall–Kier alpha value is -2.35. The average Bonchev–Trinajstić information content (AvgIpc) is 2.99. The number of rotatable bonds is 20. The smallest absolute Gasteiger partial charge is 0.336 e. The van der Waals surface area contributed by atoms with Gasteiger partial charge in [-0.05, 0) is 75.6 Å². The maximum Gasteiger partial charge on any atom is 0.336 e. The van der Waals surface area contributed by atoms with E-state index in [2.05, 4.69) is 55.4 Å². The Morgan fingerprint density at radius 1 is 0.467 bits per heavy atom. The maximum absolute atomic E-state index is 11.1. The predicted octanol–water partition coefficient (Wildman–Crippen LogP) is 10.1. The normalized spacial score (nSPS) is 11.2. The van der Waals surface area contributed by atoms with Crippen molar-refractivity contribution in [1.29, 1.82) is 0 Å². The number of hydrogen-bond acceptors (Lipinski definition) is 3. The van der Waals surface area contributed by atoms with Crippen molar-refractivity contribution in [3.05, 3.63) is 59.7 Å². The first-order chi connectivity index (χ1) is 21.6. The molecule has 2 rings (SSSR count). The maximum atomic E-state index is 11.1. The first kappa shape index (κ1) is 42.6. The van der Waals surface area contributed by atoms with Gasteiger partial charge in [-0.3, -0.25) is 0 Å². The molecule has 6 nitrogen and oxygen atoms in total. The van der Waals surface area contributed by atoms with Gasteiger partial charge in [-0.1, -0.05) is 91.4 Å². The van der Waals surface area contributed by atoms with Gasteiger partial charge in [0.15, 0.2) is 0 Å². The van der Waals surface area contributed by atoms with Crippen LogP contribution >= 0.6 is 11.8 Å². The van der Waals surface area contributed by atoms with Gasteiger partial charge in [0.2, 0.25) is 0 Å². The number of quaternary nitrogens is 2. The highest BCUT2D eigenvalue weighted by atomic mass is 32.2. The number of nitrogens with zero attached hydrogens (tertiary/aromatic N) is 2. The molecule has 0 radical (unpaired) electrons. The Labute approximate surface area is 280 Å². The molecule has 2 aromatic rings. The van der Waals surface area contributed by atoms with Crippen LogP contribution in [0.1, 0.15) is 127 Å². The monoisotopic (exact) mass is 646 g/mol. The third-order valence-corrected chi connectivity index (χ3v) is 9.19. The zero-order valence-corrected chi connectivity index (χ0v) is 30.8. The molecular weight excluding hydrogens is 580 g/mol. The lowest BCUT2D eigenvalue weighted by molar-refractivity contribution is -0.928. The standard InChI is InChI=1S/C14H10O4S.2C12H28N/c15-13(16)9-5-1-3-7-11(9)19-12-8-4-2-6-10(12)14(17)18;2*1-5-9-13(10-6-2,11-7-3)12-8-4/h1-8H,(H,15,16)(H,17,18);2*5-12H2,1-4H3/q;2*+1. The van der Waals surface area contributed by atoms with Crippen molar-refractivity contribution < 1.29 is 28.8 Å². The molecule has 0 saturated heterocycles. The highest BCUT2D eigenvalue weighted by Gasteiger charge is 2.23. The van der Waals surface area contributed by atoms with E-state index in [0.717, 1.165) is 11.8 Å². The van der Waals surface area contributed by atoms with E-state index in [0.29, 0.717) is 9.79 Å². The van der Waals surface area contributed by atoms with E-state index in [9.17, 15) is 9.59 Å². The van der Waals surface area contributed by atoms with E-state index in [1.54, 1.807) is 36.4 Å². The zero-order valence-electron chi connectivity index (χ0n) is 29.9. The minimum absolute atomic E-state index is 0.160. The minimum atomic E-state index is -1.03. The van der Waals surface area contributed by atoms with Crippen LogP contribution < -0.4 is 0 Å². The van der Waals surface area contributed by atoms with E-state index in [4.69, 9.17) is 10.2 Å². The number of benzene rings is 2. The molecule has 2 N–H and O–H groups in total. The fourth-order valence-electron chi connectivity index (χ4n) is 6.72. The Kier molecular flexibility index (Phi) is 23.5. The Morgan fingerprint density at radius 3 is 0.889 bits per heavy atom. The van der Waals surface area contributed by atoms with Crippen molar-refractivity contribution >= 4 is 23.7 Å². The first-order valence-corrected chi connectivity index (χ1v) is 18.4. The first-order valence-electron chi connectivity index (χ1n) is 17.6. The number of aromatic carboxylic acids is 2. The second-order valence-corrected chi connectivity index (χ2v) is 13.3. The van der Waals surface area contributed by atoms with E-state index in [-0.39, 0.29) is 11.1 Å². The lowest BCUT2D eigenvalue weighted by atomic mass is 10.2. The lowest BCUT2D eigenvalue weighted by Crippen LogP contribution is -2.50. The Morgan fingerprint density at radius 2 is 0.689 bits per heavy atom. The van der Waals surface area contributed by atoms with Gasteiger partial charge in [0, 0.05) is 9.79 Å². The highest BCUT2D eigenvalue weighted by molar-refractivity contribution is 7.99. The van der Waals surface area contributed by atoms with Gasteiger partial charge in [0.25, 0.3) is 0 Å². The van der Waals surface area contributed by atoms with E-state index >= 15 is 0 Å². The number of carboxylic acid groups (broad SMARTS) is 2. The topological polar surface area (TPSA) is 74.6 Å². The molecule has 0 aliphatic heterocycles. The van der Waals surface area contributed by atoms with Crippen molar-refractivity contribution in [2.75, 3.05) is 52.4 Å². The highest BCUT2D eigenvalue weighted by Crippen LogP contribution is 2.32. The summed E-state index contributed by atoms with van der Waals surface area (Å²) in [6.07, 6.45) is 10.7. The SMILES string of the molecule is CCC[N+](CCC)(CCC)CCC.CCC[N+](CCC)(CCC)CCC.O=C(O)c1ccccc1Sc1ccccc1C(=O)O. The van der Waals surface area contributed by atoms with Gasteiger partial charge in [-0.25, -0.2) is 9.59 Å². The summed E-state index contributed by atoms with van der Waals surface area (Å²) < 4.78 is 2.75. The quantitative estimate of drug-likeness (QED) is 0.140. The molecule has 0 unspecified atom stereocenters. The van der Waals surface area contributed by atoms with Gasteiger partial charge in [0.05, 0.1) is 63.5 Å². The van der Waals surface area contributed by atoms with Crippen LogP contribution in [0.25, 0.3) is 0 Å². The third kappa shape index (κ3) is 16.2. The molecule has 0 heterocycles. The molecule has 0 fully saturated rings. The van der Waals surface area contributed by atoms with E-state index in [1.807, 2.05) is 0 Å². The van der Waals surface area contributed by atoms with Gasteiger partial charge >= 0.3 is 11.9 Å². The fourth-order valence-corrected chi connectivity index (χ4v) is 7.78. The number of carbonyl (C=O) groups is 2. The number of hydrogen-bond donors (Lipinski definition) is 2. The fraction of sp³-hybridized carbons (Fsp3) is 0.632. The minimum Gasteiger partial charge on any atom is -0.478 e. The second-order valence-electron chi connectivity index (χ2n) is 12.2. The summed E-state index contributed by atoms with van der Waals surface area (Å²) in [7, 11) is 0. The van der Waals surface area contributed by atoms with Crippen LogP contribution in [0.4, 0.5) is 0 Å². The summed E-state index contributed by atoms with van der Waals surface area (Å²) in [5.74, 6) is -2.06. The van der Waals surface area contributed by atoms with Crippen molar-refractivity contribution in [3.63, 3.8) is 0 Å². The van der Waals surface area contributed by atoms with Crippen LogP contribution in [-0.2, 0) is 0 Å². The third-order valence-electron chi connectivity index (χ3n) is 8.04. The molecule has 7 heteroatoms. The molecule has 2 aromatic carbocycles. The lowest BCUT2D eigenvalue weighted by Gasteiger charge is -2.38. The van der Waals surface area contributed by atoms with Gasteiger partial charge in [0.1, 0.15) is 0 Å². The largest absolute Gasteiger partial charge is 0.478 e. The van der Waals surface area contributed by atoms with Crippen molar-refractivity contribution in [3.8, 4) is 0 Å². The Balaban J connectivity index is 0.000000668. The van der Waals surface area contributed by atoms with Gasteiger partial charge in [-0.15, -0.1) is 0 Å². The van der Waals surface area contributed by atoms with E-state index < -0.39 is 11.9 Å². The van der Waals surface area contributed by atoms with Crippen molar-refractivity contribution in [1.82, 2.24) is 0 Å². The molecule has 0 spiro atoms. The van der Waals surface area contributed by atoms with Crippen LogP contribution in [0.5, 0.6) is 0 Å². The van der Waals surface area contributed by atoms with Gasteiger partial charge in [-0.2, -0.15) is 0 Å². The molecule has 256 valence electrons. The van der Waals surface area contributed by atoms with Gasteiger partial charge < -0.3 is 19.2 Å². The Bertz CT molecular complexity index is 933. The van der Waals surface area contributed by atoms with Crippen LogP contribution in [0.15, 0.2) is 58.3 Å². The summed E-state index contributed by atoms with van der Waals surface area (Å²) in [6.45, 7) is 29.6. The van der Waals surface area contributed by atoms with E-state index in [1.165, 1.54) is 125 Å². The molecule has 0 bridgehead atoms. The molecule has 0 aliphatic carbocycles. The van der Waals surface area contributed by atoms with Crippen molar-refractivity contribution in [2.24, 2.45) is 0 Å².